The molecule has 1 aliphatic rings. The average Bonchev–Trinajstić information content (AvgIpc) is 2.78. The van der Waals surface area contributed by atoms with E-state index < -0.39 is 17.4 Å². The zero-order chi connectivity index (χ0) is 14.3. The van der Waals surface area contributed by atoms with Gasteiger partial charge in [-0.05, 0) is 22.3 Å². The lowest BCUT2D eigenvalue weighted by molar-refractivity contribution is -0.157. The van der Waals surface area contributed by atoms with Crippen molar-refractivity contribution in [1.29, 1.82) is 0 Å². The van der Waals surface area contributed by atoms with Crippen molar-refractivity contribution in [2.45, 2.75) is 5.41 Å². The van der Waals surface area contributed by atoms with Crippen LogP contribution < -0.4 is 0 Å². The van der Waals surface area contributed by atoms with Crippen LogP contribution in [0.2, 0.25) is 0 Å². The second-order valence-electron chi connectivity index (χ2n) is 4.64. The van der Waals surface area contributed by atoms with Crippen LogP contribution in [0.4, 0.5) is 0 Å². The Morgan fingerprint density at radius 1 is 0.950 bits per heavy atom. The van der Waals surface area contributed by atoms with E-state index in [9.17, 15) is 14.7 Å². The van der Waals surface area contributed by atoms with Gasteiger partial charge in [-0.15, -0.1) is 0 Å². The molecule has 4 heteroatoms. The highest BCUT2D eigenvalue weighted by Gasteiger charge is 2.56. The minimum atomic E-state index is -1.78. The maximum atomic E-state index is 12.3. The van der Waals surface area contributed by atoms with Crippen LogP contribution in [0, 0.1) is 0 Å². The molecule has 0 fully saturated rings. The number of aliphatic carboxylic acids is 1. The van der Waals surface area contributed by atoms with E-state index in [4.69, 9.17) is 4.74 Å². The maximum absolute atomic E-state index is 12.3. The van der Waals surface area contributed by atoms with Crippen molar-refractivity contribution in [1.82, 2.24) is 0 Å². The van der Waals surface area contributed by atoms with Crippen LogP contribution in [0.3, 0.4) is 0 Å². The average molecular weight is 268 g/mol. The minimum Gasteiger partial charge on any atom is -0.480 e. The largest absolute Gasteiger partial charge is 0.480 e. The van der Waals surface area contributed by atoms with Gasteiger partial charge in [0.05, 0.1) is 7.11 Å². The molecule has 4 nitrogen and oxygen atoms in total. The van der Waals surface area contributed by atoms with Crippen molar-refractivity contribution in [3.05, 3.63) is 59.7 Å². The van der Waals surface area contributed by atoms with Crippen LogP contribution in [0.1, 0.15) is 11.1 Å². The standard InChI is InChI=1S/C16H12O4/c1-20-15(19)16(14(17)18)12-8-4-2-6-10(12)11-7-3-5-9-13(11)16/h2-9H,1H3,(H,17,18). The van der Waals surface area contributed by atoms with Crippen molar-refractivity contribution in [3.63, 3.8) is 0 Å². The number of hydrogen-bond acceptors (Lipinski definition) is 3. The van der Waals surface area contributed by atoms with Gasteiger partial charge < -0.3 is 9.84 Å². The van der Waals surface area contributed by atoms with E-state index in [-0.39, 0.29) is 0 Å². The van der Waals surface area contributed by atoms with Crippen LogP contribution in [0.25, 0.3) is 11.1 Å². The molecule has 100 valence electrons. The number of ether oxygens (including phenoxy) is 1. The quantitative estimate of drug-likeness (QED) is 0.670. The number of esters is 1. The molecule has 0 saturated carbocycles. The predicted molar refractivity (Wildman–Crippen MR) is 72.3 cm³/mol. The number of carbonyl (C=O) groups is 2. The van der Waals surface area contributed by atoms with E-state index in [0.29, 0.717) is 11.1 Å². The molecule has 0 aliphatic heterocycles. The van der Waals surface area contributed by atoms with Gasteiger partial charge in [0, 0.05) is 0 Å². The van der Waals surface area contributed by atoms with E-state index in [1.807, 2.05) is 24.3 Å². The summed E-state index contributed by atoms with van der Waals surface area (Å²) < 4.78 is 4.79. The first-order valence-electron chi connectivity index (χ1n) is 6.15. The zero-order valence-electron chi connectivity index (χ0n) is 10.8. The van der Waals surface area contributed by atoms with Crippen LogP contribution in [0.15, 0.2) is 48.5 Å². The summed E-state index contributed by atoms with van der Waals surface area (Å²) in [4.78, 5) is 24.2. The number of fused-ring (bicyclic) bond motifs is 3. The summed E-state index contributed by atoms with van der Waals surface area (Å²) in [5.74, 6) is -2.00. The minimum absolute atomic E-state index is 0.459. The lowest BCUT2D eigenvalue weighted by Crippen LogP contribution is -2.44. The molecule has 2 aromatic carbocycles. The van der Waals surface area contributed by atoms with Gasteiger partial charge in [0.15, 0.2) is 0 Å². The molecule has 1 N–H and O–H groups in total. The number of carboxylic acids is 1. The van der Waals surface area contributed by atoms with E-state index in [1.165, 1.54) is 7.11 Å². The lowest BCUT2D eigenvalue weighted by Gasteiger charge is -2.23. The fraction of sp³-hybridized carbons (Fsp3) is 0.125. The molecule has 0 aromatic heterocycles. The lowest BCUT2D eigenvalue weighted by atomic mass is 9.78. The fourth-order valence-corrected chi connectivity index (χ4v) is 2.93. The second-order valence-corrected chi connectivity index (χ2v) is 4.64. The summed E-state index contributed by atoms with van der Waals surface area (Å²) in [5.41, 5.74) is 0.662. The molecule has 0 amide bonds. The SMILES string of the molecule is COC(=O)C1(C(=O)O)c2ccccc2-c2ccccc21. The van der Waals surface area contributed by atoms with Crippen LogP contribution >= 0.6 is 0 Å². The predicted octanol–water partition coefficient (Wildman–Crippen LogP) is 2.21. The number of carboxylic acid groups (broad SMARTS) is 1. The van der Waals surface area contributed by atoms with Crippen molar-refractivity contribution in [2.75, 3.05) is 7.11 Å². The van der Waals surface area contributed by atoms with Gasteiger partial charge in [-0.25, -0.2) is 0 Å². The third kappa shape index (κ3) is 1.30. The summed E-state index contributed by atoms with van der Waals surface area (Å²) in [6.07, 6.45) is 0. The first-order valence-corrected chi connectivity index (χ1v) is 6.15. The second kappa shape index (κ2) is 4.20. The molecule has 0 saturated heterocycles. The zero-order valence-corrected chi connectivity index (χ0v) is 10.8. The summed E-state index contributed by atoms with van der Waals surface area (Å²) >= 11 is 0. The molecule has 3 rings (SSSR count). The molecular weight excluding hydrogens is 256 g/mol. The van der Waals surface area contributed by atoms with E-state index >= 15 is 0 Å². The fourth-order valence-electron chi connectivity index (χ4n) is 2.93. The van der Waals surface area contributed by atoms with Crippen molar-refractivity contribution in [2.24, 2.45) is 0 Å². The van der Waals surface area contributed by atoms with E-state index in [0.717, 1.165) is 11.1 Å². The molecule has 0 bridgehead atoms. The summed E-state index contributed by atoms with van der Waals surface area (Å²) in [5, 5.41) is 9.76. The van der Waals surface area contributed by atoms with Crippen LogP contribution in [0.5, 0.6) is 0 Å². The molecule has 0 atom stereocenters. The Balaban J connectivity index is 2.46. The molecular formula is C16H12O4. The topological polar surface area (TPSA) is 63.6 Å². The number of carbonyl (C=O) groups excluding carboxylic acids is 1. The van der Waals surface area contributed by atoms with Gasteiger partial charge in [-0.1, -0.05) is 48.5 Å². The van der Waals surface area contributed by atoms with Gasteiger partial charge in [0.1, 0.15) is 0 Å². The molecule has 0 radical (unpaired) electrons. The normalized spacial score (nSPS) is 14.2. The first-order chi connectivity index (χ1) is 9.64. The number of benzene rings is 2. The third-order valence-electron chi connectivity index (χ3n) is 3.76. The first kappa shape index (κ1) is 12.4. The number of hydrogen-bond donors (Lipinski definition) is 1. The van der Waals surface area contributed by atoms with Crippen molar-refractivity contribution >= 4 is 11.9 Å². The summed E-state index contributed by atoms with van der Waals surface area (Å²) in [7, 11) is 1.20. The Morgan fingerprint density at radius 2 is 1.40 bits per heavy atom. The van der Waals surface area contributed by atoms with Gasteiger partial charge in [-0.3, -0.25) is 9.59 Å². The van der Waals surface area contributed by atoms with Crippen molar-refractivity contribution < 1.29 is 19.4 Å². The molecule has 0 heterocycles. The molecule has 2 aromatic rings. The number of rotatable bonds is 2. The van der Waals surface area contributed by atoms with Crippen LogP contribution in [-0.2, 0) is 19.7 Å². The molecule has 0 spiro atoms. The maximum Gasteiger partial charge on any atom is 0.332 e. The molecule has 1 aliphatic carbocycles. The summed E-state index contributed by atoms with van der Waals surface area (Å²) in [6, 6.07) is 14.1. The summed E-state index contributed by atoms with van der Waals surface area (Å²) in [6.45, 7) is 0. The molecule has 0 unspecified atom stereocenters. The van der Waals surface area contributed by atoms with Gasteiger partial charge >= 0.3 is 11.9 Å². The van der Waals surface area contributed by atoms with Crippen LogP contribution in [-0.4, -0.2) is 24.2 Å². The third-order valence-corrected chi connectivity index (χ3v) is 3.76. The highest BCUT2D eigenvalue weighted by Crippen LogP contribution is 2.49. The number of methoxy groups -OCH3 is 1. The monoisotopic (exact) mass is 268 g/mol. The van der Waals surface area contributed by atoms with E-state index in [1.54, 1.807) is 24.3 Å². The van der Waals surface area contributed by atoms with Gasteiger partial charge in [0.2, 0.25) is 5.41 Å². The van der Waals surface area contributed by atoms with Crippen molar-refractivity contribution in [3.8, 4) is 11.1 Å². The van der Waals surface area contributed by atoms with E-state index in [2.05, 4.69) is 0 Å². The Morgan fingerprint density at radius 3 is 1.80 bits per heavy atom. The highest BCUT2D eigenvalue weighted by molar-refractivity contribution is 6.14. The van der Waals surface area contributed by atoms with Gasteiger partial charge in [0.25, 0.3) is 0 Å². The highest BCUT2D eigenvalue weighted by atomic mass is 16.5. The van der Waals surface area contributed by atoms with Gasteiger partial charge in [-0.2, -0.15) is 0 Å². The smallest absolute Gasteiger partial charge is 0.332 e. The Labute approximate surface area is 115 Å². The molecule has 20 heavy (non-hydrogen) atoms. The Bertz CT molecular complexity index is 672. The Hall–Kier alpha value is -2.62. The Kier molecular flexibility index (Phi) is 2.61.